The molecular weight excluding hydrogens is 374 g/mol. The molecule has 1 saturated heterocycles. The van der Waals surface area contributed by atoms with E-state index in [0.29, 0.717) is 11.1 Å². The molecule has 0 bridgehead atoms. The Kier molecular flexibility index (Phi) is 4.79. The number of imide groups is 1. The fourth-order valence-electron chi connectivity index (χ4n) is 4.60. The van der Waals surface area contributed by atoms with Crippen molar-refractivity contribution < 1.29 is 28.6 Å². The maximum atomic E-state index is 13.2. The van der Waals surface area contributed by atoms with E-state index in [1.807, 2.05) is 0 Å². The van der Waals surface area contributed by atoms with Gasteiger partial charge >= 0.3 is 12.1 Å². The largest absolute Gasteiger partial charge is 0.458 e. The molecular formula is C22H27NO6. The number of carbonyl (C=O) groups excluding carboxylic acids is 3. The molecule has 7 heteroatoms. The van der Waals surface area contributed by atoms with E-state index in [4.69, 9.17) is 14.2 Å². The Morgan fingerprint density at radius 3 is 2.62 bits per heavy atom. The van der Waals surface area contributed by atoms with Gasteiger partial charge < -0.3 is 14.2 Å². The molecule has 2 aliphatic carbocycles. The fraction of sp³-hybridized carbons (Fsp3) is 0.591. The predicted molar refractivity (Wildman–Crippen MR) is 103 cm³/mol. The van der Waals surface area contributed by atoms with Crippen LogP contribution in [-0.2, 0) is 23.8 Å². The number of hydrogen-bond donors (Lipinski definition) is 0. The molecule has 0 aromatic heterocycles. The highest BCUT2D eigenvalue weighted by molar-refractivity contribution is 6.06. The maximum absolute atomic E-state index is 13.2. The van der Waals surface area contributed by atoms with Crippen molar-refractivity contribution in [3.05, 3.63) is 34.6 Å². The topological polar surface area (TPSA) is 82.1 Å². The lowest BCUT2D eigenvalue weighted by Crippen LogP contribution is -2.43. The van der Waals surface area contributed by atoms with Gasteiger partial charge in [0, 0.05) is 17.6 Å². The van der Waals surface area contributed by atoms with Crippen molar-refractivity contribution in [3.8, 4) is 0 Å². The Labute approximate surface area is 170 Å². The third-order valence-corrected chi connectivity index (χ3v) is 5.83. The normalized spacial score (nSPS) is 30.3. The molecule has 0 saturated carbocycles. The number of rotatable bonds is 2. The number of hydrogen-bond acceptors (Lipinski definition) is 6. The second-order valence-corrected chi connectivity index (χ2v) is 9.08. The molecule has 0 aromatic carbocycles. The smallest absolute Gasteiger partial charge is 0.417 e. The molecule has 4 rings (SSSR count). The first kappa shape index (κ1) is 19.7. The maximum Gasteiger partial charge on any atom is 0.417 e. The first-order valence-corrected chi connectivity index (χ1v) is 10.2. The van der Waals surface area contributed by atoms with Crippen LogP contribution in [0.15, 0.2) is 34.6 Å². The summed E-state index contributed by atoms with van der Waals surface area (Å²) in [6.07, 6.45) is 6.33. The van der Waals surface area contributed by atoms with Crippen LogP contribution in [0.25, 0.3) is 0 Å². The molecule has 156 valence electrons. The van der Waals surface area contributed by atoms with Crippen molar-refractivity contribution in [3.63, 3.8) is 0 Å². The molecule has 0 radical (unpaired) electrons. The van der Waals surface area contributed by atoms with Gasteiger partial charge in [0.1, 0.15) is 5.60 Å². The number of ether oxygens (including phenoxy) is 3. The highest BCUT2D eigenvalue weighted by Crippen LogP contribution is 2.50. The molecule has 0 N–H and O–H groups in total. The third kappa shape index (κ3) is 3.58. The molecule has 2 heterocycles. The Hall–Kier alpha value is -2.57. The standard InChI is InChI=1S/C22H27NO6/c1-12-9-17(28-20(12)25)27-11-16-15-10-13-7-5-6-8-14(13)18(15)23(19(16)24)21(26)29-22(2,3)4/h9,11,15,17-18H,5-8,10H2,1-4H3. The number of amides is 2. The van der Waals surface area contributed by atoms with Gasteiger partial charge in [-0.05, 0) is 65.4 Å². The number of cyclic esters (lactones) is 1. The summed E-state index contributed by atoms with van der Waals surface area (Å²) in [6, 6.07) is -0.300. The molecule has 2 amide bonds. The number of likely N-dealkylation sites (tertiary alicyclic amines) is 1. The lowest BCUT2D eigenvalue weighted by molar-refractivity contribution is -0.152. The molecule has 1 fully saturated rings. The molecule has 0 spiro atoms. The molecule has 3 unspecified atom stereocenters. The number of fused-ring (bicyclic) bond motifs is 2. The van der Waals surface area contributed by atoms with Crippen molar-refractivity contribution in [2.75, 3.05) is 0 Å². The highest BCUT2D eigenvalue weighted by atomic mass is 16.7. The van der Waals surface area contributed by atoms with Crippen molar-refractivity contribution in [2.24, 2.45) is 5.92 Å². The summed E-state index contributed by atoms with van der Waals surface area (Å²) in [5.41, 5.74) is 2.76. The molecule has 29 heavy (non-hydrogen) atoms. The van der Waals surface area contributed by atoms with Gasteiger partial charge in [-0.25, -0.2) is 14.5 Å². The summed E-state index contributed by atoms with van der Waals surface area (Å²) in [6.45, 7) is 7.00. The van der Waals surface area contributed by atoms with E-state index in [9.17, 15) is 14.4 Å². The fourth-order valence-corrected chi connectivity index (χ4v) is 4.60. The monoisotopic (exact) mass is 401 g/mol. The zero-order chi connectivity index (χ0) is 20.9. The van der Waals surface area contributed by atoms with Crippen molar-refractivity contribution in [1.29, 1.82) is 0 Å². The van der Waals surface area contributed by atoms with Gasteiger partial charge in [0.2, 0.25) is 0 Å². The van der Waals surface area contributed by atoms with E-state index in [1.54, 1.807) is 33.8 Å². The summed E-state index contributed by atoms with van der Waals surface area (Å²) < 4.78 is 16.2. The summed E-state index contributed by atoms with van der Waals surface area (Å²) in [4.78, 5) is 38.9. The molecule has 2 aliphatic heterocycles. The van der Waals surface area contributed by atoms with E-state index in [1.165, 1.54) is 22.3 Å². The molecule has 0 aromatic rings. The van der Waals surface area contributed by atoms with Crippen LogP contribution < -0.4 is 0 Å². The zero-order valence-corrected chi connectivity index (χ0v) is 17.3. The Balaban J connectivity index is 1.62. The molecule has 3 atom stereocenters. The van der Waals surface area contributed by atoms with Crippen LogP contribution in [0.4, 0.5) is 4.79 Å². The second kappa shape index (κ2) is 7.04. The van der Waals surface area contributed by atoms with E-state index in [2.05, 4.69) is 0 Å². The van der Waals surface area contributed by atoms with Crippen molar-refractivity contribution in [2.45, 2.75) is 77.7 Å². The minimum Gasteiger partial charge on any atom is -0.458 e. The van der Waals surface area contributed by atoms with Gasteiger partial charge in [-0.3, -0.25) is 4.79 Å². The second-order valence-electron chi connectivity index (χ2n) is 9.08. The lowest BCUT2D eigenvalue weighted by Gasteiger charge is -2.29. The van der Waals surface area contributed by atoms with Crippen LogP contribution in [0, 0.1) is 5.92 Å². The van der Waals surface area contributed by atoms with Crippen LogP contribution in [0.3, 0.4) is 0 Å². The van der Waals surface area contributed by atoms with E-state index < -0.39 is 29.9 Å². The highest BCUT2D eigenvalue weighted by Gasteiger charge is 2.54. The average Bonchev–Trinajstić information content (AvgIpc) is 3.23. The van der Waals surface area contributed by atoms with Gasteiger partial charge in [-0.2, -0.15) is 0 Å². The molecule has 4 aliphatic rings. The number of allylic oxidation sites excluding steroid dienone is 1. The summed E-state index contributed by atoms with van der Waals surface area (Å²) in [7, 11) is 0. The van der Waals surface area contributed by atoms with E-state index >= 15 is 0 Å². The first-order valence-electron chi connectivity index (χ1n) is 10.2. The number of esters is 1. The zero-order valence-electron chi connectivity index (χ0n) is 17.3. The Morgan fingerprint density at radius 2 is 1.97 bits per heavy atom. The first-order chi connectivity index (χ1) is 13.7. The Morgan fingerprint density at radius 1 is 1.24 bits per heavy atom. The van der Waals surface area contributed by atoms with Crippen molar-refractivity contribution in [1.82, 2.24) is 4.90 Å². The summed E-state index contributed by atoms with van der Waals surface area (Å²) in [5, 5.41) is 0. The van der Waals surface area contributed by atoms with Gasteiger partial charge in [0.15, 0.2) is 0 Å². The SMILES string of the molecule is CC1=CC(OC=C2C(=O)N(C(=O)OC(C)(C)C)C3C4=C(CCCC4)CC23)OC1=O. The van der Waals surface area contributed by atoms with Gasteiger partial charge in [0.25, 0.3) is 12.2 Å². The summed E-state index contributed by atoms with van der Waals surface area (Å²) >= 11 is 0. The van der Waals surface area contributed by atoms with Gasteiger partial charge in [-0.1, -0.05) is 5.57 Å². The van der Waals surface area contributed by atoms with Crippen LogP contribution in [0.5, 0.6) is 0 Å². The minimum absolute atomic E-state index is 0.139. The van der Waals surface area contributed by atoms with Crippen LogP contribution >= 0.6 is 0 Å². The lowest BCUT2D eigenvalue weighted by atomic mass is 9.92. The van der Waals surface area contributed by atoms with E-state index in [0.717, 1.165) is 32.1 Å². The Bertz CT molecular complexity index is 859. The minimum atomic E-state index is -0.846. The number of nitrogens with zero attached hydrogens (tertiary/aromatic N) is 1. The van der Waals surface area contributed by atoms with Crippen LogP contribution in [0.2, 0.25) is 0 Å². The quantitative estimate of drug-likeness (QED) is 0.303. The van der Waals surface area contributed by atoms with Crippen LogP contribution in [0.1, 0.15) is 59.8 Å². The number of carbonyl (C=O) groups is 3. The van der Waals surface area contributed by atoms with Gasteiger partial charge in [0.05, 0.1) is 17.9 Å². The van der Waals surface area contributed by atoms with Crippen LogP contribution in [-0.4, -0.2) is 40.8 Å². The van der Waals surface area contributed by atoms with Crippen molar-refractivity contribution >= 4 is 18.0 Å². The molecule has 7 nitrogen and oxygen atoms in total. The predicted octanol–water partition coefficient (Wildman–Crippen LogP) is 3.75. The third-order valence-electron chi connectivity index (χ3n) is 5.83. The van der Waals surface area contributed by atoms with E-state index in [-0.39, 0.29) is 12.0 Å². The summed E-state index contributed by atoms with van der Waals surface area (Å²) in [5.74, 6) is -0.964. The average molecular weight is 401 g/mol. The van der Waals surface area contributed by atoms with Gasteiger partial charge in [-0.15, -0.1) is 0 Å².